The van der Waals surface area contributed by atoms with E-state index in [0.29, 0.717) is 6.54 Å². The highest BCUT2D eigenvalue weighted by Gasteiger charge is 2.11. The van der Waals surface area contributed by atoms with Gasteiger partial charge in [-0.2, -0.15) is 0 Å². The Kier molecular flexibility index (Phi) is 3.45. The van der Waals surface area contributed by atoms with Crippen molar-refractivity contribution in [3.63, 3.8) is 0 Å². The van der Waals surface area contributed by atoms with Crippen LogP contribution >= 0.6 is 0 Å². The van der Waals surface area contributed by atoms with E-state index < -0.39 is 0 Å². The Balaban J connectivity index is 1.96. The molecular formula is C17H20N2O2. The number of benzene rings is 1. The maximum absolute atomic E-state index is 5.86. The fourth-order valence-electron chi connectivity index (χ4n) is 2.44. The van der Waals surface area contributed by atoms with Crippen molar-refractivity contribution < 1.29 is 9.15 Å². The average molecular weight is 284 g/mol. The fourth-order valence-corrected chi connectivity index (χ4v) is 2.44. The summed E-state index contributed by atoms with van der Waals surface area (Å²) >= 11 is 0. The van der Waals surface area contributed by atoms with Gasteiger partial charge in [-0.15, -0.1) is 0 Å². The third-order valence-corrected chi connectivity index (χ3v) is 3.51. The van der Waals surface area contributed by atoms with Crippen LogP contribution in [0.3, 0.4) is 0 Å². The van der Waals surface area contributed by atoms with Crippen molar-refractivity contribution in [2.24, 2.45) is 0 Å². The molecule has 2 aromatic heterocycles. The van der Waals surface area contributed by atoms with Gasteiger partial charge in [0.2, 0.25) is 5.89 Å². The number of hydrogen-bond donors (Lipinski definition) is 0. The summed E-state index contributed by atoms with van der Waals surface area (Å²) in [6, 6.07) is 8.19. The summed E-state index contributed by atoms with van der Waals surface area (Å²) in [5, 5.41) is 1.12. The van der Waals surface area contributed by atoms with E-state index in [2.05, 4.69) is 21.7 Å². The van der Waals surface area contributed by atoms with Crippen LogP contribution in [0.15, 0.2) is 34.9 Å². The van der Waals surface area contributed by atoms with E-state index in [1.54, 1.807) is 0 Å². The Morgan fingerprint density at radius 3 is 2.71 bits per heavy atom. The second-order valence-corrected chi connectivity index (χ2v) is 5.55. The minimum Gasteiger partial charge on any atom is -0.490 e. The lowest BCUT2D eigenvalue weighted by Gasteiger charge is -2.11. The Labute approximate surface area is 124 Å². The van der Waals surface area contributed by atoms with Crippen LogP contribution in [0, 0.1) is 13.8 Å². The molecule has 21 heavy (non-hydrogen) atoms. The molecule has 0 N–H and O–H groups in total. The van der Waals surface area contributed by atoms with Gasteiger partial charge in [0.25, 0.3) is 0 Å². The summed E-state index contributed by atoms with van der Waals surface area (Å²) in [5.74, 6) is 2.53. The lowest BCUT2D eigenvalue weighted by molar-refractivity contribution is 0.245. The molecule has 110 valence electrons. The normalized spacial score (nSPS) is 11.5. The quantitative estimate of drug-likeness (QED) is 0.724. The highest BCUT2D eigenvalue weighted by molar-refractivity contribution is 5.86. The maximum atomic E-state index is 5.86. The van der Waals surface area contributed by atoms with Gasteiger partial charge in [-0.05, 0) is 45.9 Å². The Morgan fingerprint density at radius 1 is 1.24 bits per heavy atom. The van der Waals surface area contributed by atoms with Crippen LogP contribution in [-0.4, -0.2) is 15.7 Å². The average Bonchev–Trinajstić information content (AvgIpc) is 2.95. The third kappa shape index (κ3) is 2.66. The van der Waals surface area contributed by atoms with E-state index in [4.69, 9.17) is 9.15 Å². The summed E-state index contributed by atoms with van der Waals surface area (Å²) < 4.78 is 13.7. The van der Waals surface area contributed by atoms with Crippen molar-refractivity contribution in [1.29, 1.82) is 0 Å². The summed E-state index contributed by atoms with van der Waals surface area (Å²) in [6.07, 6.45) is 2.21. The van der Waals surface area contributed by atoms with Crippen LogP contribution in [0.1, 0.15) is 31.2 Å². The summed E-state index contributed by atoms with van der Waals surface area (Å²) in [5.41, 5.74) is 2.08. The van der Waals surface area contributed by atoms with Crippen molar-refractivity contribution in [1.82, 2.24) is 9.55 Å². The number of aryl methyl sites for hydroxylation is 2. The topological polar surface area (TPSA) is 40.2 Å². The van der Waals surface area contributed by atoms with Crippen LogP contribution in [-0.2, 0) is 6.54 Å². The highest BCUT2D eigenvalue weighted by Crippen LogP contribution is 2.28. The molecule has 0 fully saturated rings. The highest BCUT2D eigenvalue weighted by atomic mass is 16.5. The predicted octanol–water partition coefficient (Wildman–Crippen LogP) is 4.08. The Bertz CT molecular complexity index is 749. The van der Waals surface area contributed by atoms with Gasteiger partial charge in [-0.25, -0.2) is 4.98 Å². The summed E-state index contributed by atoms with van der Waals surface area (Å²) in [7, 11) is 0. The van der Waals surface area contributed by atoms with Crippen LogP contribution < -0.4 is 4.74 Å². The van der Waals surface area contributed by atoms with Crippen molar-refractivity contribution in [2.75, 3.05) is 0 Å². The number of aromatic nitrogens is 2. The molecule has 0 amide bonds. The minimum absolute atomic E-state index is 0.163. The van der Waals surface area contributed by atoms with Crippen LogP contribution in [0.2, 0.25) is 0 Å². The van der Waals surface area contributed by atoms with E-state index in [-0.39, 0.29) is 6.10 Å². The zero-order valence-corrected chi connectivity index (χ0v) is 12.9. The molecule has 3 aromatic rings. The smallest absolute Gasteiger partial charge is 0.214 e. The first-order valence-corrected chi connectivity index (χ1v) is 7.22. The Morgan fingerprint density at radius 2 is 2.05 bits per heavy atom. The molecule has 0 unspecified atom stereocenters. The van der Waals surface area contributed by atoms with Gasteiger partial charge in [0, 0.05) is 11.6 Å². The number of nitrogens with zero attached hydrogens (tertiary/aromatic N) is 2. The molecule has 0 saturated carbocycles. The number of fused-ring (bicyclic) bond motifs is 1. The first-order valence-electron chi connectivity index (χ1n) is 7.22. The lowest BCUT2D eigenvalue weighted by Crippen LogP contribution is -2.05. The SMILES string of the molecule is Cc1nc(Cn2ccc3c(OC(C)C)cccc32)oc1C. The molecule has 1 aromatic carbocycles. The van der Waals surface area contributed by atoms with E-state index in [1.165, 1.54) is 0 Å². The molecular weight excluding hydrogens is 264 g/mol. The largest absolute Gasteiger partial charge is 0.490 e. The standard InChI is InChI=1S/C17H20N2O2/c1-11(2)20-16-7-5-6-15-14(16)8-9-19(15)10-17-18-12(3)13(4)21-17/h5-9,11H,10H2,1-4H3. The van der Waals surface area contributed by atoms with E-state index in [0.717, 1.165) is 34.0 Å². The van der Waals surface area contributed by atoms with E-state index in [1.807, 2.05) is 46.0 Å². The third-order valence-electron chi connectivity index (χ3n) is 3.51. The first kappa shape index (κ1) is 13.7. The molecule has 0 spiro atoms. The zero-order chi connectivity index (χ0) is 15.0. The van der Waals surface area contributed by atoms with Gasteiger partial charge < -0.3 is 13.7 Å². The van der Waals surface area contributed by atoms with Gasteiger partial charge in [-0.3, -0.25) is 0 Å². The first-order chi connectivity index (χ1) is 10.0. The lowest BCUT2D eigenvalue weighted by atomic mass is 10.2. The summed E-state index contributed by atoms with van der Waals surface area (Å²) in [6.45, 7) is 8.60. The molecule has 3 rings (SSSR count). The predicted molar refractivity (Wildman–Crippen MR) is 82.8 cm³/mol. The minimum atomic E-state index is 0.163. The van der Waals surface area contributed by atoms with Crippen molar-refractivity contribution >= 4 is 10.9 Å². The van der Waals surface area contributed by atoms with Crippen molar-refractivity contribution in [3.8, 4) is 5.75 Å². The van der Waals surface area contributed by atoms with Gasteiger partial charge in [0.1, 0.15) is 11.5 Å². The molecule has 4 nitrogen and oxygen atoms in total. The van der Waals surface area contributed by atoms with E-state index in [9.17, 15) is 0 Å². The molecule has 0 bridgehead atoms. The van der Waals surface area contributed by atoms with Crippen LogP contribution in [0.25, 0.3) is 10.9 Å². The molecule has 0 aliphatic heterocycles. The van der Waals surface area contributed by atoms with Crippen molar-refractivity contribution in [3.05, 3.63) is 47.8 Å². The molecule has 0 aliphatic rings. The second-order valence-electron chi connectivity index (χ2n) is 5.55. The number of ether oxygens (including phenoxy) is 1. The van der Waals surface area contributed by atoms with Crippen molar-refractivity contribution in [2.45, 2.75) is 40.3 Å². The molecule has 0 atom stereocenters. The molecule has 0 saturated heterocycles. The number of oxazole rings is 1. The maximum Gasteiger partial charge on any atom is 0.214 e. The van der Waals surface area contributed by atoms with E-state index >= 15 is 0 Å². The van der Waals surface area contributed by atoms with Crippen LogP contribution in [0.4, 0.5) is 0 Å². The van der Waals surface area contributed by atoms with Gasteiger partial charge >= 0.3 is 0 Å². The fraction of sp³-hybridized carbons (Fsp3) is 0.353. The monoisotopic (exact) mass is 284 g/mol. The molecule has 0 radical (unpaired) electrons. The van der Waals surface area contributed by atoms with Gasteiger partial charge in [-0.1, -0.05) is 6.07 Å². The number of hydrogen-bond acceptors (Lipinski definition) is 3. The second kappa shape index (κ2) is 5.28. The van der Waals surface area contributed by atoms with Gasteiger partial charge in [0.05, 0.1) is 23.9 Å². The zero-order valence-electron chi connectivity index (χ0n) is 12.9. The molecule has 0 aliphatic carbocycles. The molecule has 4 heteroatoms. The number of rotatable bonds is 4. The Hall–Kier alpha value is -2.23. The molecule has 2 heterocycles. The van der Waals surface area contributed by atoms with Gasteiger partial charge in [0.15, 0.2) is 0 Å². The van der Waals surface area contributed by atoms with Crippen LogP contribution in [0.5, 0.6) is 5.75 Å². The summed E-state index contributed by atoms with van der Waals surface area (Å²) in [4.78, 5) is 4.44.